The smallest absolute Gasteiger partial charge is 0.243 e. The third-order valence-corrected chi connectivity index (χ3v) is 2.98. The molecule has 98 valence electrons. The minimum absolute atomic E-state index is 0.00666. The lowest BCUT2D eigenvalue weighted by atomic mass is 10.3. The average molecular weight is 239 g/mol. The molecule has 1 aliphatic heterocycles. The lowest BCUT2D eigenvalue weighted by molar-refractivity contribution is -0.116. The summed E-state index contributed by atoms with van der Waals surface area (Å²) in [6, 6.07) is 0.209. The fourth-order valence-electron chi connectivity index (χ4n) is 1.93. The summed E-state index contributed by atoms with van der Waals surface area (Å²) in [5.41, 5.74) is 0. The van der Waals surface area contributed by atoms with Crippen LogP contribution < -0.4 is 5.32 Å². The number of rotatable bonds is 5. The van der Waals surface area contributed by atoms with Gasteiger partial charge in [0.15, 0.2) is 0 Å². The van der Waals surface area contributed by atoms with E-state index in [-0.39, 0.29) is 11.9 Å². The molecule has 4 heteroatoms. The van der Waals surface area contributed by atoms with Crippen molar-refractivity contribution in [2.24, 2.45) is 0 Å². The van der Waals surface area contributed by atoms with E-state index in [0.717, 1.165) is 39.3 Å². The first kappa shape index (κ1) is 14.2. The molecule has 1 aliphatic rings. The number of nitrogens with one attached hydrogen (secondary N) is 1. The monoisotopic (exact) mass is 239 g/mol. The molecule has 0 unspecified atom stereocenters. The summed E-state index contributed by atoms with van der Waals surface area (Å²) in [4.78, 5) is 16.2. The highest BCUT2D eigenvalue weighted by atomic mass is 16.1. The van der Waals surface area contributed by atoms with Crippen LogP contribution in [0.4, 0.5) is 0 Å². The lowest BCUT2D eigenvalue weighted by Crippen LogP contribution is -2.46. The first-order valence-electron chi connectivity index (χ1n) is 6.53. The molecule has 0 saturated carbocycles. The second kappa shape index (κ2) is 7.45. The molecule has 0 aromatic heterocycles. The Kier molecular flexibility index (Phi) is 6.22. The Morgan fingerprint density at radius 2 is 1.82 bits per heavy atom. The summed E-state index contributed by atoms with van der Waals surface area (Å²) >= 11 is 0. The number of likely N-dealkylation sites (N-methyl/N-ethyl adjacent to an activating group) is 1. The fraction of sp³-hybridized carbons (Fsp3) is 0.769. The Balaban J connectivity index is 2.18. The highest BCUT2D eigenvalue weighted by Crippen LogP contribution is 2.00. The molecular weight excluding hydrogens is 214 g/mol. The number of piperazine rings is 1. The van der Waals surface area contributed by atoms with Gasteiger partial charge in [-0.2, -0.15) is 0 Å². The summed E-state index contributed by atoms with van der Waals surface area (Å²) < 4.78 is 0. The van der Waals surface area contributed by atoms with E-state index in [1.54, 1.807) is 6.08 Å². The SMILES string of the molecule is CCN1CCN(C/C=C/C(=O)NC(C)C)CC1. The molecule has 0 aromatic carbocycles. The van der Waals surface area contributed by atoms with Gasteiger partial charge in [-0.3, -0.25) is 9.69 Å². The highest BCUT2D eigenvalue weighted by molar-refractivity contribution is 5.87. The van der Waals surface area contributed by atoms with Crippen LogP contribution in [0.2, 0.25) is 0 Å². The molecule has 17 heavy (non-hydrogen) atoms. The Bertz CT molecular complexity index is 255. The fourth-order valence-corrected chi connectivity index (χ4v) is 1.93. The number of amides is 1. The van der Waals surface area contributed by atoms with E-state index in [1.165, 1.54) is 0 Å². The van der Waals surface area contributed by atoms with E-state index >= 15 is 0 Å². The van der Waals surface area contributed by atoms with Crippen LogP contribution in [-0.2, 0) is 4.79 Å². The largest absolute Gasteiger partial charge is 0.350 e. The number of hydrogen-bond donors (Lipinski definition) is 1. The van der Waals surface area contributed by atoms with E-state index in [0.29, 0.717) is 0 Å². The molecule has 0 radical (unpaired) electrons. The van der Waals surface area contributed by atoms with Crippen molar-refractivity contribution in [3.05, 3.63) is 12.2 Å². The van der Waals surface area contributed by atoms with E-state index in [9.17, 15) is 4.79 Å². The van der Waals surface area contributed by atoms with Crippen molar-refractivity contribution >= 4 is 5.91 Å². The van der Waals surface area contributed by atoms with Crippen LogP contribution in [0.1, 0.15) is 20.8 Å². The van der Waals surface area contributed by atoms with Gasteiger partial charge < -0.3 is 10.2 Å². The third kappa shape index (κ3) is 5.84. The average Bonchev–Trinajstić information content (AvgIpc) is 2.29. The van der Waals surface area contributed by atoms with Crippen molar-refractivity contribution in [3.8, 4) is 0 Å². The van der Waals surface area contributed by atoms with Gasteiger partial charge in [0.05, 0.1) is 0 Å². The Labute approximate surface area is 105 Å². The van der Waals surface area contributed by atoms with Gasteiger partial charge in [0.1, 0.15) is 0 Å². The quantitative estimate of drug-likeness (QED) is 0.718. The van der Waals surface area contributed by atoms with Crippen LogP contribution in [0.5, 0.6) is 0 Å². The van der Waals surface area contributed by atoms with Crippen molar-refractivity contribution in [3.63, 3.8) is 0 Å². The van der Waals surface area contributed by atoms with Crippen LogP contribution in [0.3, 0.4) is 0 Å². The predicted octanol–water partition coefficient (Wildman–Crippen LogP) is 0.705. The van der Waals surface area contributed by atoms with Crippen molar-refractivity contribution < 1.29 is 4.79 Å². The molecule has 0 bridgehead atoms. The van der Waals surface area contributed by atoms with E-state index in [1.807, 2.05) is 19.9 Å². The molecule has 1 heterocycles. The normalized spacial score (nSPS) is 19.1. The Morgan fingerprint density at radius 3 is 2.35 bits per heavy atom. The van der Waals surface area contributed by atoms with E-state index in [2.05, 4.69) is 22.0 Å². The number of nitrogens with zero attached hydrogens (tertiary/aromatic N) is 2. The maximum atomic E-state index is 11.4. The Hall–Kier alpha value is -0.870. The molecule has 1 fully saturated rings. The van der Waals surface area contributed by atoms with Crippen LogP contribution >= 0.6 is 0 Å². The molecule has 0 spiro atoms. The van der Waals surface area contributed by atoms with Gasteiger partial charge in [-0.15, -0.1) is 0 Å². The molecule has 1 rings (SSSR count). The van der Waals surface area contributed by atoms with Crippen LogP contribution in [0, 0.1) is 0 Å². The minimum Gasteiger partial charge on any atom is -0.350 e. The first-order valence-corrected chi connectivity index (χ1v) is 6.53. The summed E-state index contributed by atoms with van der Waals surface area (Å²) in [7, 11) is 0. The Morgan fingerprint density at radius 1 is 1.24 bits per heavy atom. The second-order valence-electron chi connectivity index (χ2n) is 4.80. The van der Waals surface area contributed by atoms with Gasteiger partial charge in [-0.25, -0.2) is 0 Å². The maximum Gasteiger partial charge on any atom is 0.243 e. The summed E-state index contributed by atoms with van der Waals surface area (Å²) in [5.74, 6) is 0.00666. The molecule has 0 atom stereocenters. The standard InChI is InChI=1S/C13H25N3O/c1-4-15-8-10-16(11-9-15)7-5-6-13(17)14-12(2)3/h5-6,12H,4,7-11H2,1-3H3,(H,14,17)/b6-5+. The van der Waals surface area contributed by atoms with Gasteiger partial charge in [0, 0.05) is 44.8 Å². The molecule has 0 aliphatic carbocycles. The molecule has 4 nitrogen and oxygen atoms in total. The van der Waals surface area contributed by atoms with Crippen molar-refractivity contribution in [1.82, 2.24) is 15.1 Å². The minimum atomic E-state index is 0.00666. The summed E-state index contributed by atoms with van der Waals surface area (Å²) in [5, 5.41) is 2.84. The number of carbonyl (C=O) groups is 1. The topological polar surface area (TPSA) is 35.6 Å². The number of carbonyl (C=O) groups excluding carboxylic acids is 1. The maximum absolute atomic E-state index is 11.4. The lowest BCUT2D eigenvalue weighted by Gasteiger charge is -2.33. The molecule has 1 amide bonds. The van der Waals surface area contributed by atoms with Crippen molar-refractivity contribution in [2.75, 3.05) is 39.3 Å². The van der Waals surface area contributed by atoms with Crippen molar-refractivity contribution in [2.45, 2.75) is 26.8 Å². The zero-order chi connectivity index (χ0) is 12.7. The van der Waals surface area contributed by atoms with Crippen molar-refractivity contribution in [1.29, 1.82) is 0 Å². The van der Waals surface area contributed by atoms with Crippen LogP contribution in [0.15, 0.2) is 12.2 Å². The summed E-state index contributed by atoms with van der Waals surface area (Å²) in [6.45, 7) is 12.6. The molecule has 0 aromatic rings. The van der Waals surface area contributed by atoms with Crippen LogP contribution in [0.25, 0.3) is 0 Å². The molecule has 1 N–H and O–H groups in total. The molecule has 1 saturated heterocycles. The predicted molar refractivity (Wildman–Crippen MR) is 71.0 cm³/mol. The van der Waals surface area contributed by atoms with Gasteiger partial charge >= 0.3 is 0 Å². The highest BCUT2D eigenvalue weighted by Gasteiger charge is 2.13. The van der Waals surface area contributed by atoms with E-state index < -0.39 is 0 Å². The van der Waals surface area contributed by atoms with Crippen LogP contribution in [-0.4, -0.2) is 61.0 Å². The van der Waals surface area contributed by atoms with Gasteiger partial charge in [0.2, 0.25) is 5.91 Å². The first-order chi connectivity index (χ1) is 8.11. The second-order valence-corrected chi connectivity index (χ2v) is 4.80. The zero-order valence-corrected chi connectivity index (χ0v) is 11.3. The van der Waals surface area contributed by atoms with Gasteiger partial charge in [-0.05, 0) is 20.4 Å². The van der Waals surface area contributed by atoms with Gasteiger partial charge in [0.25, 0.3) is 0 Å². The zero-order valence-electron chi connectivity index (χ0n) is 11.3. The molecular formula is C13H25N3O. The van der Waals surface area contributed by atoms with E-state index in [4.69, 9.17) is 0 Å². The number of hydrogen-bond acceptors (Lipinski definition) is 3. The third-order valence-electron chi connectivity index (χ3n) is 2.98. The van der Waals surface area contributed by atoms with Gasteiger partial charge in [-0.1, -0.05) is 13.0 Å². The summed E-state index contributed by atoms with van der Waals surface area (Å²) in [6.07, 6.45) is 3.60.